The number of benzene rings is 1. The van der Waals surface area contributed by atoms with E-state index in [1.165, 1.54) is 0 Å². The summed E-state index contributed by atoms with van der Waals surface area (Å²) in [6, 6.07) is 9.87. The molecule has 13 heavy (non-hydrogen) atoms. The summed E-state index contributed by atoms with van der Waals surface area (Å²) in [6.07, 6.45) is 1.79. The molecule has 3 nitrogen and oxygen atoms in total. The van der Waals surface area contributed by atoms with Crippen LogP contribution in [0.4, 0.5) is 5.69 Å². The quantitative estimate of drug-likeness (QED) is 0.398. The Labute approximate surface area is 79.3 Å². The zero-order valence-corrected chi connectivity index (χ0v) is 8.31. The second-order valence-electron chi connectivity index (χ2n) is 3.00. The first kappa shape index (κ1) is 9.74. The van der Waals surface area contributed by atoms with Crippen molar-refractivity contribution in [2.75, 3.05) is 21.1 Å². The molecule has 0 aliphatic heterocycles. The molecule has 1 rings (SSSR count). The van der Waals surface area contributed by atoms with Crippen molar-refractivity contribution in [3.8, 4) is 0 Å². The highest BCUT2D eigenvalue weighted by atomic mass is 15.6. The van der Waals surface area contributed by atoms with Crippen LogP contribution in [-0.2, 0) is 0 Å². The second-order valence-corrected chi connectivity index (χ2v) is 3.00. The Morgan fingerprint density at radius 1 is 1.08 bits per heavy atom. The van der Waals surface area contributed by atoms with Gasteiger partial charge >= 0.3 is 0 Å². The lowest BCUT2D eigenvalue weighted by atomic mass is 10.3. The fourth-order valence-corrected chi connectivity index (χ4v) is 0.768. The van der Waals surface area contributed by atoms with Crippen molar-refractivity contribution in [1.82, 2.24) is 10.0 Å². The first-order chi connectivity index (χ1) is 6.20. The highest BCUT2D eigenvalue weighted by Gasteiger charge is 1.92. The lowest BCUT2D eigenvalue weighted by Gasteiger charge is -2.20. The van der Waals surface area contributed by atoms with E-state index in [1.54, 1.807) is 6.34 Å². The fraction of sp³-hybridized carbons (Fsp3) is 0.300. The van der Waals surface area contributed by atoms with Gasteiger partial charge in [0.2, 0.25) is 0 Å². The van der Waals surface area contributed by atoms with Crippen LogP contribution < -0.4 is 0 Å². The first-order valence-electron chi connectivity index (χ1n) is 4.19. The predicted octanol–water partition coefficient (Wildman–Crippen LogP) is 1.75. The van der Waals surface area contributed by atoms with Gasteiger partial charge in [-0.15, -0.1) is 0 Å². The summed E-state index contributed by atoms with van der Waals surface area (Å²) >= 11 is 0. The lowest BCUT2D eigenvalue weighted by Crippen LogP contribution is -2.31. The van der Waals surface area contributed by atoms with E-state index in [0.717, 1.165) is 5.69 Å². The summed E-state index contributed by atoms with van der Waals surface area (Å²) < 4.78 is 0. The van der Waals surface area contributed by atoms with Crippen molar-refractivity contribution in [3.05, 3.63) is 30.3 Å². The molecule has 1 aromatic carbocycles. The Balaban J connectivity index is 2.59. The fourth-order valence-electron chi connectivity index (χ4n) is 0.768. The molecule has 0 saturated heterocycles. The molecule has 0 unspecified atom stereocenters. The topological polar surface area (TPSA) is 18.8 Å². The SMILES string of the molecule is CN(C)N(C)C=Nc1ccccc1. The Kier molecular flexibility index (Phi) is 3.46. The maximum Gasteiger partial charge on any atom is 0.105 e. The smallest absolute Gasteiger partial charge is 0.105 e. The van der Waals surface area contributed by atoms with Crippen molar-refractivity contribution in [2.45, 2.75) is 0 Å². The van der Waals surface area contributed by atoms with Crippen molar-refractivity contribution in [1.29, 1.82) is 0 Å². The molecule has 0 spiro atoms. The highest BCUT2D eigenvalue weighted by molar-refractivity contribution is 5.60. The summed E-state index contributed by atoms with van der Waals surface area (Å²) in [5.41, 5.74) is 0.969. The summed E-state index contributed by atoms with van der Waals surface area (Å²) in [7, 11) is 5.89. The Hall–Kier alpha value is -1.35. The normalized spacial score (nSPS) is 11.1. The minimum absolute atomic E-state index is 0.969. The maximum absolute atomic E-state index is 4.29. The summed E-state index contributed by atoms with van der Waals surface area (Å²) in [5.74, 6) is 0. The van der Waals surface area contributed by atoms with E-state index in [-0.39, 0.29) is 0 Å². The van der Waals surface area contributed by atoms with Crippen LogP contribution in [0.3, 0.4) is 0 Å². The van der Waals surface area contributed by atoms with Crippen molar-refractivity contribution >= 4 is 12.0 Å². The van der Waals surface area contributed by atoms with E-state index in [2.05, 4.69) is 4.99 Å². The molecule has 3 heteroatoms. The molecule has 0 aromatic heterocycles. The van der Waals surface area contributed by atoms with E-state index in [4.69, 9.17) is 0 Å². The molecule has 0 heterocycles. The molecule has 0 bridgehead atoms. The standard InChI is InChI=1S/C10H15N3/c1-12(2)13(3)9-11-10-7-5-4-6-8-10/h4-9H,1-3H3. The number of rotatable bonds is 3. The van der Waals surface area contributed by atoms with E-state index < -0.39 is 0 Å². The maximum atomic E-state index is 4.29. The monoisotopic (exact) mass is 177 g/mol. The molecule has 0 radical (unpaired) electrons. The minimum Gasteiger partial charge on any atom is -0.299 e. The number of hydrogen-bond acceptors (Lipinski definition) is 2. The zero-order chi connectivity index (χ0) is 9.68. The van der Waals surface area contributed by atoms with Gasteiger partial charge in [-0.25, -0.2) is 10.0 Å². The van der Waals surface area contributed by atoms with Gasteiger partial charge in [0.05, 0.1) is 5.69 Å². The zero-order valence-electron chi connectivity index (χ0n) is 8.31. The van der Waals surface area contributed by atoms with E-state index in [1.807, 2.05) is 61.5 Å². The summed E-state index contributed by atoms with van der Waals surface area (Å²) in [5, 5.41) is 3.86. The van der Waals surface area contributed by atoms with Gasteiger partial charge in [0.15, 0.2) is 0 Å². The third kappa shape index (κ3) is 3.25. The van der Waals surface area contributed by atoms with Gasteiger partial charge in [-0.2, -0.15) is 0 Å². The molecular formula is C10H15N3. The van der Waals surface area contributed by atoms with Crippen LogP contribution in [0.25, 0.3) is 0 Å². The van der Waals surface area contributed by atoms with E-state index in [9.17, 15) is 0 Å². The molecule has 1 aromatic rings. The first-order valence-corrected chi connectivity index (χ1v) is 4.19. The van der Waals surface area contributed by atoms with Gasteiger partial charge in [0.1, 0.15) is 6.34 Å². The molecule has 0 aliphatic rings. The molecule has 0 N–H and O–H groups in total. The summed E-state index contributed by atoms with van der Waals surface area (Å²) in [4.78, 5) is 4.29. The van der Waals surface area contributed by atoms with E-state index in [0.29, 0.717) is 0 Å². The van der Waals surface area contributed by atoms with Gasteiger partial charge in [-0.3, -0.25) is 5.01 Å². The molecule has 0 amide bonds. The van der Waals surface area contributed by atoms with Crippen LogP contribution in [-0.4, -0.2) is 37.5 Å². The Morgan fingerprint density at radius 2 is 1.69 bits per heavy atom. The van der Waals surface area contributed by atoms with Crippen molar-refractivity contribution in [2.24, 2.45) is 4.99 Å². The molecule has 70 valence electrons. The highest BCUT2D eigenvalue weighted by Crippen LogP contribution is 2.08. The average Bonchev–Trinajstić information content (AvgIpc) is 2.15. The van der Waals surface area contributed by atoms with Crippen molar-refractivity contribution in [3.63, 3.8) is 0 Å². The largest absolute Gasteiger partial charge is 0.299 e. The van der Waals surface area contributed by atoms with Crippen LogP contribution in [0.1, 0.15) is 0 Å². The Morgan fingerprint density at radius 3 is 2.23 bits per heavy atom. The van der Waals surface area contributed by atoms with Crippen LogP contribution >= 0.6 is 0 Å². The van der Waals surface area contributed by atoms with Gasteiger partial charge in [0.25, 0.3) is 0 Å². The van der Waals surface area contributed by atoms with Gasteiger partial charge in [-0.1, -0.05) is 18.2 Å². The molecular weight excluding hydrogens is 162 g/mol. The number of hydrazine groups is 1. The molecule has 0 saturated carbocycles. The lowest BCUT2D eigenvalue weighted by molar-refractivity contribution is 0.151. The number of hydrogen-bond donors (Lipinski definition) is 0. The minimum atomic E-state index is 0.969. The van der Waals surface area contributed by atoms with Crippen LogP contribution in [0.2, 0.25) is 0 Å². The molecule has 0 aliphatic carbocycles. The Bertz CT molecular complexity index is 267. The number of aliphatic imine (C=N–C) groups is 1. The average molecular weight is 177 g/mol. The van der Waals surface area contributed by atoms with Gasteiger partial charge in [0, 0.05) is 21.1 Å². The van der Waals surface area contributed by atoms with E-state index >= 15 is 0 Å². The van der Waals surface area contributed by atoms with Crippen LogP contribution in [0.15, 0.2) is 35.3 Å². The molecule has 0 fully saturated rings. The third-order valence-corrected chi connectivity index (χ3v) is 1.76. The number of para-hydroxylation sites is 1. The summed E-state index contributed by atoms with van der Waals surface area (Å²) in [6.45, 7) is 0. The molecule has 0 atom stereocenters. The predicted molar refractivity (Wildman–Crippen MR) is 56.0 cm³/mol. The van der Waals surface area contributed by atoms with Crippen molar-refractivity contribution < 1.29 is 0 Å². The second kappa shape index (κ2) is 4.62. The van der Waals surface area contributed by atoms with Gasteiger partial charge in [-0.05, 0) is 12.1 Å². The van der Waals surface area contributed by atoms with Gasteiger partial charge < -0.3 is 0 Å². The van der Waals surface area contributed by atoms with Crippen LogP contribution in [0.5, 0.6) is 0 Å². The number of nitrogens with zero attached hydrogens (tertiary/aromatic N) is 3. The van der Waals surface area contributed by atoms with Crippen LogP contribution in [0, 0.1) is 0 Å². The third-order valence-electron chi connectivity index (χ3n) is 1.76.